The Hall–Kier alpha value is -1.10. The Morgan fingerprint density at radius 3 is 2.84 bits per heavy atom. The van der Waals surface area contributed by atoms with Crippen molar-refractivity contribution in [2.45, 2.75) is 32.3 Å². The van der Waals surface area contributed by atoms with Crippen LogP contribution in [-0.2, 0) is 19.1 Å². The molecule has 6 unspecified atom stereocenters. The van der Waals surface area contributed by atoms with Gasteiger partial charge in [0, 0.05) is 18.4 Å². The van der Waals surface area contributed by atoms with Crippen LogP contribution in [0.3, 0.4) is 0 Å². The molecule has 0 aromatic heterocycles. The van der Waals surface area contributed by atoms with E-state index in [1.165, 1.54) is 0 Å². The number of hydrogen-bond donors (Lipinski definition) is 1. The zero-order valence-corrected chi connectivity index (χ0v) is 11.1. The lowest BCUT2D eigenvalue weighted by Gasteiger charge is -2.47. The maximum atomic E-state index is 12.2. The Balaban J connectivity index is 1.87. The highest BCUT2D eigenvalue weighted by atomic mass is 16.6. The van der Waals surface area contributed by atoms with Crippen molar-refractivity contribution in [3.8, 4) is 0 Å². The van der Waals surface area contributed by atoms with Crippen LogP contribution in [0.2, 0.25) is 0 Å². The summed E-state index contributed by atoms with van der Waals surface area (Å²) in [6.45, 7) is 2.31. The van der Waals surface area contributed by atoms with Gasteiger partial charge in [0.2, 0.25) is 0 Å². The van der Waals surface area contributed by atoms with Crippen LogP contribution in [-0.4, -0.2) is 36.4 Å². The van der Waals surface area contributed by atoms with Crippen LogP contribution >= 0.6 is 0 Å². The van der Waals surface area contributed by atoms with E-state index in [2.05, 4.69) is 0 Å². The Morgan fingerprint density at radius 2 is 2.16 bits per heavy atom. The van der Waals surface area contributed by atoms with Gasteiger partial charge in [-0.15, -0.1) is 0 Å². The largest absolute Gasteiger partial charge is 0.465 e. The number of hydrogen-bond acceptors (Lipinski definition) is 5. The lowest BCUT2D eigenvalue weighted by atomic mass is 9.54. The van der Waals surface area contributed by atoms with Gasteiger partial charge in [0.25, 0.3) is 0 Å². The first-order valence-electron chi connectivity index (χ1n) is 7.17. The van der Waals surface area contributed by atoms with Gasteiger partial charge in [-0.2, -0.15) is 0 Å². The molecular weight excluding hydrogens is 248 g/mol. The van der Waals surface area contributed by atoms with Crippen LogP contribution < -0.4 is 0 Å². The first kappa shape index (κ1) is 12.9. The second-order valence-corrected chi connectivity index (χ2v) is 5.87. The highest BCUT2D eigenvalue weighted by Crippen LogP contribution is 2.57. The average Bonchev–Trinajstić information content (AvgIpc) is 2.71. The summed E-state index contributed by atoms with van der Waals surface area (Å²) in [6, 6.07) is 0. The van der Waals surface area contributed by atoms with E-state index in [0.717, 1.165) is 19.3 Å². The smallest absolute Gasteiger partial charge is 0.310 e. The minimum atomic E-state index is -0.409. The van der Waals surface area contributed by atoms with Crippen LogP contribution in [0.4, 0.5) is 0 Å². The molecule has 0 amide bonds. The molecule has 4 fully saturated rings. The van der Waals surface area contributed by atoms with Gasteiger partial charge in [-0.1, -0.05) is 6.92 Å². The van der Waals surface area contributed by atoms with Gasteiger partial charge in [-0.25, -0.2) is 0 Å². The van der Waals surface area contributed by atoms with Crippen LogP contribution in [0.1, 0.15) is 26.2 Å². The number of carbonyl (C=O) groups is 2. The number of rotatable bonds is 4. The van der Waals surface area contributed by atoms with E-state index in [4.69, 9.17) is 9.47 Å². The van der Waals surface area contributed by atoms with Gasteiger partial charge >= 0.3 is 11.9 Å². The molecule has 0 spiro atoms. The van der Waals surface area contributed by atoms with Crippen molar-refractivity contribution in [1.29, 1.82) is 0 Å². The number of fused-ring (bicyclic) bond motifs is 1. The summed E-state index contributed by atoms with van der Waals surface area (Å²) in [5, 5.41) is 9.55. The van der Waals surface area contributed by atoms with E-state index in [-0.39, 0.29) is 48.3 Å². The number of aliphatic hydroxyl groups is 1. The van der Waals surface area contributed by atoms with E-state index < -0.39 is 5.92 Å². The highest BCUT2D eigenvalue weighted by Gasteiger charge is 2.64. The fourth-order valence-electron chi connectivity index (χ4n) is 4.26. The van der Waals surface area contributed by atoms with Crippen molar-refractivity contribution in [3.63, 3.8) is 0 Å². The van der Waals surface area contributed by atoms with Crippen LogP contribution in [0.5, 0.6) is 0 Å². The first-order chi connectivity index (χ1) is 9.19. The van der Waals surface area contributed by atoms with Gasteiger partial charge in [0.15, 0.2) is 0 Å². The SMILES string of the molecule is CCCOC(=O)C1C2CCC3C(OC(=O)C31)C2CO. The molecular formula is C14H20O5. The van der Waals surface area contributed by atoms with Crippen molar-refractivity contribution < 1.29 is 24.2 Å². The second kappa shape index (κ2) is 4.78. The van der Waals surface area contributed by atoms with Crippen LogP contribution in [0.25, 0.3) is 0 Å². The van der Waals surface area contributed by atoms with E-state index >= 15 is 0 Å². The molecule has 3 saturated carbocycles. The fourth-order valence-corrected chi connectivity index (χ4v) is 4.26. The van der Waals surface area contributed by atoms with Crippen molar-refractivity contribution in [1.82, 2.24) is 0 Å². The maximum Gasteiger partial charge on any atom is 0.310 e. The fraction of sp³-hybridized carbons (Fsp3) is 0.857. The lowest BCUT2D eigenvalue weighted by Crippen LogP contribution is -2.54. The number of esters is 2. The monoisotopic (exact) mass is 268 g/mol. The molecule has 0 radical (unpaired) electrons. The third kappa shape index (κ3) is 1.78. The molecule has 1 N–H and O–H groups in total. The Morgan fingerprint density at radius 1 is 1.42 bits per heavy atom. The molecule has 19 heavy (non-hydrogen) atoms. The summed E-state index contributed by atoms with van der Waals surface area (Å²) in [6.07, 6.45) is 2.38. The topological polar surface area (TPSA) is 72.8 Å². The van der Waals surface area contributed by atoms with Crippen LogP contribution in [0, 0.1) is 29.6 Å². The van der Waals surface area contributed by atoms with E-state index in [1.807, 2.05) is 6.92 Å². The van der Waals surface area contributed by atoms with Crippen molar-refractivity contribution in [3.05, 3.63) is 0 Å². The highest BCUT2D eigenvalue weighted by molar-refractivity contribution is 5.85. The molecule has 3 aliphatic carbocycles. The third-order valence-electron chi connectivity index (χ3n) is 4.99. The summed E-state index contributed by atoms with van der Waals surface area (Å²) in [7, 11) is 0. The summed E-state index contributed by atoms with van der Waals surface area (Å²) in [4.78, 5) is 24.2. The third-order valence-corrected chi connectivity index (χ3v) is 4.99. The molecule has 0 aromatic carbocycles. The number of carbonyl (C=O) groups excluding carboxylic acids is 2. The molecule has 1 heterocycles. The first-order valence-corrected chi connectivity index (χ1v) is 7.17. The van der Waals surface area contributed by atoms with Gasteiger partial charge in [0.1, 0.15) is 6.10 Å². The molecule has 1 aliphatic heterocycles. The second-order valence-electron chi connectivity index (χ2n) is 5.87. The molecule has 0 aromatic rings. The lowest BCUT2D eigenvalue weighted by molar-refractivity contribution is -0.163. The summed E-state index contributed by atoms with van der Waals surface area (Å²) < 4.78 is 10.6. The molecule has 1 saturated heterocycles. The quantitative estimate of drug-likeness (QED) is 0.762. The summed E-state index contributed by atoms with van der Waals surface area (Å²) in [5.41, 5.74) is 0. The minimum absolute atomic E-state index is 0.0244. The summed E-state index contributed by atoms with van der Waals surface area (Å²) >= 11 is 0. The average molecular weight is 268 g/mol. The van der Waals surface area contributed by atoms with Crippen molar-refractivity contribution in [2.24, 2.45) is 29.6 Å². The van der Waals surface area contributed by atoms with E-state index in [0.29, 0.717) is 6.61 Å². The molecule has 106 valence electrons. The Labute approximate surface area is 112 Å². The molecule has 4 bridgehead atoms. The standard InChI is InChI=1S/C14H20O5/c1-2-5-18-13(16)10-7-3-4-8-11(10)14(17)19-12(8)9(7)6-15/h7-12,15H,2-6H2,1H3. The van der Waals surface area contributed by atoms with E-state index in [1.54, 1.807) is 0 Å². The van der Waals surface area contributed by atoms with E-state index in [9.17, 15) is 14.7 Å². The van der Waals surface area contributed by atoms with Gasteiger partial charge in [0.05, 0.1) is 18.4 Å². The Bertz CT molecular complexity index is 393. The van der Waals surface area contributed by atoms with Crippen LogP contribution in [0.15, 0.2) is 0 Å². The maximum absolute atomic E-state index is 12.2. The van der Waals surface area contributed by atoms with Gasteiger partial charge in [-0.3, -0.25) is 9.59 Å². The predicted molar refractivity (Wildman–Crippen MR) is 64.9 cm³/mol. The molecule has 5 nitrogen and oxygen atoms in total. The molecule has 4 rings (SSSR count). The zero-order valence-electron chi connectivity index (χ0n) is 11.1. The Kier molecular flexibility index (Phi) is 3.25. The van der Waals surface area contributed by atoms with Gasteiger partial charge in [-0.05, 0) is 25.2 Å². The molecule has 5 heteroatoms. The number of aliphatic hydroxyl groups excluding tert-OH is 1. The molecule has 4 aliphatic rings. The predicted octanol–water partition coefficient (Wildman–Crippen LogP) is 0.746. The van der Waals surface area contributed by atoms with Crippen molar-refractivity contribution in [2.75, 3.05) is 13.2 Å². The van der Waals surface area contributed by atoms with Gasteiger partial charge < -0.3 is 14.6 Å². The zero-order chi connectivity index (χ0) is 13.6. The number of ether oxygens (including phenoxy) is 2. The minimum Gasteiger partial charge on any atom is -0.465 e. The molecule has 6 atom stereocenters. The summed E-state index contributed by atoms with van der Waals surface area (Å²) in [5.74, 6) is -1.27. The normalized spacial score (nSPS) is 43.2. The van der Waals surface area contributed by atoms with Crippen molar-refractivity contribution >= 4 is 11.9 Å².